The number of carbonyl (C=O) groups is 12. The van der Waals surface area contributed by atoms with Gasteiger partial charge in [-0.1, -0.05) is 100 Å². The Kier molecular flexibility index (Phi) is 29.2. The second-order valence-electron chi connectivity index (χ2n) is 20.3. The normalized spacial score (nSPS) is 14.6. The summed E-state index contributed by atoms with van der Waals surface area (Å²) >= 11 is 7.99. The summed E-state index contributed by atoms with van der Waals surface area (Å²) in [5.41, 5.74) is 7.17. The zero-order valence-electron chi connectivity index (χ0n) is 46.5. The van der Waals surface area contributed by atoms with Gasteiger partial charge in [0.15, 0.2) is 0 Å². The van der Waals surface area contributed by atoms with Gasteiger partial charge >= 0.3 is 17.9 Å². The van der Waals surface area contributed by atoms with Crippen LogP contribution in [0.1, 0.15) is 63.6 Å². The minimum Gasteiger partial charge on any atom is -0.508 e. The van der Waals surface area contributed by atoms with Gasteiger partial charge in [0, 0.05) is 30.8 Å². The van der Waals surface area contributed by atoms with Crippen LogP contribution in [0.5, 0.6) is 5.75 Å². The van der Waals surface area contributed by atoms with Crippen molar-refractivity contribution >= 4 is 96.3 Å². The van der Waals surface area contributed by atoms with E-state index in [1.54, 1.807) is 88.4 Å². The van der Waals surface area contributed by atoms with Crippen LogP contribution < -0.4 is 53.6 Å². The fraction of sp³-hybridized carbons (Fsp3) is 0.455. The first kappa shape index (κ1) is 70.0. The Labute approximate surface area is 495 Å². The maximum absolute atomic E-state index is 14.3. The molecule has 0 bridgehead atoms. The molecule has 0 spiro atoms. The molecule has 9 amide bonds. The molecule has 0 fully saturated rings. The zero-order valence-corrected chi connectivity index (χ0v) is 48.3. The number of hydrogen-bond donors (Lipinski definition) is 17. The van der Waals surface area contributed by atoms with Crippen molar-refractivity contribution in [3.8, 4) is 5.75 Å². The Bertz CT molecular complexity index is 2760. The van der Waals surface area contributed by atoms with Crippen LogP contribution in [0.25, 0.3) is 0 Å². The van der Waals surface area contributed by atoms with Gasteiger partial charge < -0.3 is 79.1 Å². The predicted molar refractivity (Wildman–Crippen MR) is 309 cm³/mol. The van der Waals surface area contributed by atoms with Crippen LogP contribution in [0.4, 0.5) is 0 Å². The summed E-state index contributed by atoms with van der Waals surface area (Å²) in [7, 11) is 0. The van der Waals surface area contributed by atoms with Gasteiger partial charge in [-0.15, -0.1) is 0 Å². The Hall–Kier alpha value is -8.28. The summed E-state index contributed by atoms with van der Waals surface area (Å²) in [6.07, 6.45) is -3.24. The lowest BCUT2D eigenvalue weighted by atomic mass is 10.00. The van der Waals surface area contributed by atoms with Gasteiger partial charge in [-0.05, 0) is 47.1 Å². The molecular formula is C55H74N10O17S2. The fourth-order valence-corrected chi connectivity index (χ4v) is 8.50. The van der Waals surface area contributed by atoms with Crippen molar-refractivity contribution in [3.05, 3.63) is 102 Å². The number of carboxylic acid groups (broad SMARTS) is 3. The van der Waals surface area contributed by atoms with Crippen LogP contribution in [0.15, 0.2) is 84.9 Å². The first-order valence-electron chi connectivity index (χ1n) is 26.5. The van der Waals surface area contributed by atoms with Gasteiger partial charge in [0.1, 0.15) is 60.1 Å². The molecule has 0 radical (unpaired) electrons. The first-order chi connectivity index (χ1) is 39.7. The first-order valence-corrected chi connectivity index (χ1v) is 27.8. The molecule has 0 unspecified atom stereocenters. The monoisotopic (exact) mass is 1210 g/mol. The number of aromatic hydroxyl groups is 1. The van der Waals surface area contributed by atoms with E-state index >= 15 is 0 Å². The molecule has 3 rings (SSSR count). The SMILES string of the molecule is CC(C)C[C@H](NC(=O)[C@H](CC(=O)O)NC(=O)[C@H](CC(=O)O)NC(=O)[C@H](Cc1ccccc1)NC(=O)[C@@H](NC(=O)[C@@H](N)CS)C(C)C)C(=O)N[C@@H](Cc1ccc(O)cc1)C(=O)N[C@@H](CO)C(=O)N[C@@H](Cc1ccccc1)C(=O)N[C@@H](CS)C(=O)O. The van der Waals surface area contributed by atoms with E-state index in [1.807, 2.05) is 0 Å². The highest BCUT2D eigenvalue weighted by molar-refractivity contribution is 7.80. The number of thiol groups is 2. The number of aliphatic hydroxyl groups excluding tert-OH is 1. The molecular weight excluding hydrogens is 1140 g/mol. The van der Waals surface area contributed by atoms with Gasteiger partial charge in [-0.2, -0.15) is 25.3 Å². The van der Waals surface area contributed by atoms with Crippen molar-refractivity contribution in [1.82, 2.24) is 47.9 Å². The van der Waals surface area contributed by atoms with Gasteiger partial charge in [-0.25, -0.2) is 4.79 Å². The molecule has 10 atom stereocenters. The maximum Gasteiger partial charge on any atom is 0.327 e. The maximum atomic E-state index is 14.3. The van der Waals surface area contributed by atoms with E-state index in [0.717, 1.165) is 0 Å². The van der Waals surface area contributed by atoms with Crippen LogP contribution in [-0.4, -0.2) is 175 Å². The number of aliphatic hydroxyl groups is 1. The summed E-state index contributed by atoms with van der Waals surface area (Å²) in [4.78, 5) is 161. The van der Waals surface area contributed by atoms with Gasteiger partial charge in [-0.3, -0.25) is 52.7 Å². The number of carbonyl (C=O) groups excluding carboxylic acids is 9. The molecule has 0 saturated heterocycles. The molecule has 0 aliphatic heterocycles. The van der Waals surface area contributed by atoms with E-state index in [-0.39, 0.29) is 42.9 Å². The van der Waals surface area contributed by atoms with E-state index in [0.29, 0.717) is 16.7 Å². The van der Waals surface area contributed by atoms with Crippen molar-refractivity contribution < 1.29 is 83.1 Å². The van der Waals surface area contributed by atoms with E-state index in [4.69, 9.17) is 5.73 Å². The van der Waals surface area contributed by atoms with E-state index in [1.165, 1.54) is 24.3 Å². The third kappa shape index (κ3) is 23.9. The van der Waals surface area contributed by atoms with Crippen LogP contribution in [0, 0.1) is 11.8 Å². The summed E-state index contributed by atoms with van der Waals surface area (Å²) in [6, 6.07) is 5.86. The number of phenolic OH excluding ortho intramolecular Hbond substituents is 1. The van der Waals surface area contributed by atoms with Crippen molar-refractivity contribution in [1.29, 1.82) is 0 Å². The standard InChI is InChI=1S/C55H74N10O17S2/c1-28(2)19-35(47(73)58-37(22-32-15-17-33(67)18-16-32)49(75)63-41(25-66)53(79)59-36(20-30-11-7-5-8-12-30)50(76)64-42(27-84)55(81)82)57-51(77)39(23-43(68)69)61-52(78)40(24-44(70)71)60-48(74)38(21-31-13-9-6-10-14-31)62-54(80)45(29(3)4)65-46(72)34(56)26-83/h5-18,28-29,34-42,45,66-67,83-84H,19-27,56H2,1-4H3,(H,57,77)(H,58,73)(H,59,79)(H,60,74)(H,61,78)(H,62,80)(H,63,75)(H,64,76)(H,65,72)(H,68,69)(H,70,71)(H,81,82)/t34-,35-,36-,37-,38-,39-,40-,41-,42-,45-/m0/s1. The average Bonchev–Trinajstić information content (AvgIpc) is 3.55. The largest absolute Gasteiger partial charge is 0.508 e. The lowest BCUT2D eigenvalue weighted by Crippen LogP contribution is -2.62. The van der Waals surface area contributed by atoms with Crippen LogP contribution in [0.2, 0.25) is 0 Å². The van der Waals surface area contributed by atoms with Crippen molar-refractivity contribution in [2.75, 3.05) is 18.1 Å². The lowest BCUT2D eigenvalue weighted by Gasteiger charge is -2.28. The summed E-state index contributed by atoms with van der Waals surface area (Å²) in [5, 5.41) is 71.1. The van der Waals surface area contributed by atoms with Crippen LogP contribution in [-0.2, 0) is 76.8 Å². The van der Waals surface area contributed by atoms with Crippen molar-refractivity contribution in [3.63, 3.8) is 0 Å². The summed E-state index contributed by atoms with van der Waals surface area (Å²) in [5.74, 6) is -15.8. The average molecular weight is 1210 g/mol. The molecule has 27 nitrogen and oxygen atoms in total. The molecule has 0 saturated carbocycles. The highest BCUT2D eigenvalue weighted by atomic mass is 32.1. The van der Waals surface area contributed by atoms with E-state index < -0.39 is 163 Å². The number of nitrogens with two attached hydrogens (primary N) is 1. The minimum absolute atomic E-state index is 0.0582. The highest BCUT2D eigenvalue weighted by Gasteiger charge is 2.37. The number of benzene rings is 3. The quantitative estimate of drug-likeness (QED) is 0.0275. The van der Waals surface area contributed by atoms with Crippen molar-refractivity contribution in [2.24, 2.45) is 17.6 Å². The molecule has 0 aliphatic rings. The zero-order chi connectivity index (χ0) is 62.8. The van der Waals surface area contributed by atoms with Crippen LogP contribution >= 0.6 is 25.3 Å². The molecule has 84 heavy (non-hydrogen) atoms. The summed E-state index contributed by atoms with van der Waals surface area (Å²) < 4.78 is 0. The molecule has 29 heteroatoms. The highest BCUT2D eigenvalue weighted by Crippen LogP contribution is 2.15. The predicted octanol–water partition coefficient (Wildman–Crippen LogP) is -2.30. The molecule has 3 aromatic carbocycles. The third-order valence-corrected chi connectivity index (χ3v) is 13.4. The van der Waals surface area contributed by atoms with Crippen molar-refractivity contribution in [2.45, 2.75) is 127 Å². The fourth-order valence-electron chi connectivity index (χ4n) is 8.09. The molecule has 16 N–H and O–H groups in total. The number of phenols is 1. The molecule has 0 aliphatic carbocycles. The number of rotatable bonds is 35. The second-order valence-corrected chi connectivity index (χ2v) is 21.0. The van der Waals surface area contributed by atoms with Gasteiger partial charge in [0.25, 0.3) is 0 Å². The van der Waals surface area contributed by atoms with Crippen LogP contribution in [0.3, 0.4) is 0 Å². The van der Waals surface area contributed by atoms with Gasteiger partial charge in [0.2, 0.25) is 53.2 Å². The van der Waals surface area contributed by atoms with E-state index in [9.17, 15) is 83.1 Å². The number of nitrogens with one attached hydrogen (secondary N) is 9. The summed E-state index contributed by atoms with van der Waals surface area (Å²) in [6.45, 7) is 5.43. The third-order valence-electron chi connectivity index (χ3n) is 12.6. The minimum atomic E-state index is -2.06. The number of amides is 9. The smallest absolute Gasteiger partial charge is 0.327 e. The Balaban J connectivity index is 1.94. The lowest BCUT2D eigenvalue weighted by molar-refractivity contribution is -0.143. The number of aliphatic carboxylic acids is 3. The Morgan fingerprint density at radius 3 is 1.14 bits per heavy atom. The molecule has 0 aromatic heterocycles. The number of hydrogen-bond acceptors (Lipinski definition) is 17. The second kappa shape index (κ2) is 35.0. The molecule has 3 aromatic rings. The van der Waals surface area contributed by atoms with Gasteiger partial charge in [0.05, 0.1) is 25.5 Å². The number of carboxylic acids is 3. The van der Waals surface area contributed by atoms with E-state index in [2.05, 4.69) is 73.1 Å². The topological polar surface area (TPSA) is 440 Å². The Morgan fingerprint density at radius 2 is 0.774 bits per heavy atom. The molecule has 0 heterocycles. The Morgan fingerprint density at radius 1 is 0.429 bits per heavy atom. The molecule has 458 valence electrons.